The number of hydrogen-bond acceptors (Lipinski definition) is 13. The number of β-amino-alcohol motifs (C(OH)–C–C–N with tert-alkyl or cyclic N) is 1. The molecule has 3 N–H and O–H groups in total. The van der Waals surface area contributed by atoms with E-state index >= 15 is 4.79 Å². The second kappa shape index (κ2) is 21.9. The standard InChI is InChI=1S/C60H60N8O8S3/c1-34(2)50(58(73)68-31-60(5,75)25-48(68)55(70)62-27-38-14-18-40(19-15-38)53-36(4)64-33-79-53)66-29-42-23-43(20-21-46(42)57(66)72)76-44-24-47(54(69)61-26-37-12-16-39(17-13-37)52-35(3)63-32-78-52)65(30-44)59(74)51(49-11-8-22-77-49)67-28-41-9-6-7-10-45(41)56(67)71/h6-23,32-34,44,47-48,50-51,75H,24-31H2,1-5H3,(H,61,69)(H,62,70)/t44-,47+,48+,50+,51+,60+/m1/s1. The molecule has 4 aliphatic heterocycles. The highest BCUT2D eigenvalue weighted by atomic mass is 32.1. The van der Waals surface area contributed by atoms with Crippen LogP contribution in [0.4, 0.5) is 0 Å². The van der Waals surface area contributed by atoms with Gasteiger partial charge in [0.2, 0.25) is 17.7 Å². The molecule has 4 aliphatic rings. The molecule has 7 heterocycles. The number of aryl methyl sites for hydroxylation is 2. The first-order valence-corrected chi connectivity index (χ1v) is 29.1. The van der Waals surface area contributed by atoms with E-state index in [-0.39, 0.29) is 75.7 Å². The van der Waals surface area contributed by atoms with Gasteiger partial charge >= 0.3 is 0 Å². The molecule has 406 valence electrons. The van der Waals surface area contributed by atoms with Gasteiger partial charge in [0, 0.05) is 55.0 Å². The fourth-order valence-corrected chi connectivity index (χ4v) is 13.9. The van der Waals surface area contributed by atoms with Crippen molar-refractivity contribution in [1.29, 1.82) is 0 Å². The number of rotatable bonds is 16. The van der Waals surface area contributed by atoms with Gasteiger partial charge in [-0.1, -0.05) is 86.6 Å². The number of benzene rings is 4. The number of aromatic nitrogens is 2. The third-order valence-corrected chi connectivity index (χ3v) is 18.3. The number of nitrogens with zero attached hydrogens (tertiary/aromatic N) is 6. The molecule has 6 amide bonds. The van der Waals surface area contributed by atoms with Crippen LogP contribution in [0.5, 0.6) is 5.75 Å². The molecule has 3 aromatic heterocycles. The molecule has 7 aromatic rings. The van der Waals surface area contributed by atoms with Gasteiger partial charge in [-0.2, -0.15) is 0 Å². The van der Waals surface area contributed by atoms with Crippen LogP contribution in [0.15, 0.2) is 120 Å². The van der Waals surface area contributed by atoms with Crippen molar-refractivity contribution >= 4 is 69.5 Å². The monoisotopic (exact) mass is 1120 g/mol. The number of nitrogens with one attached hydrogen (secondary N) is 2. The molecule has 4 aromatic carbocycles. The predicted molar refractivity (Wildman–Crippen MR) is 302 cm³/mol. The normalized spacial score (nSPS) is 20.4. The van der Waals surface area contributed by atoms with Crippen LogP contribution in [0.1, 0.15) is 98.9 Å². The van der Waals surface area contributed by atoms with E-state index in [1.807, 2.05) is 117 Å². The second-order valence-electron chi connectivity index (χ2n) is 21.5. The van der Waals surface area contributed by atoms with Gasteiger partial charge in [0.1, 0.15) is 36.0 Å². The topological polar surface area (TPSA) is 195 Å². The van der Waals surface area contributed by atoms with Gasteiger partial charge in [0.05, 0.1) is 50.9 Å². The van der Waals surface area contributed by atoms with Crippen LogP contribution < -0.4 is 15.4 Å². The fraction of sp³-hybridized carbons (Fsp3) is 0.333. The molecular weight excluding hydrogens is 1060 g/mol. The highest BCUT2D eigenvalue weighted by Crippen LogP contribution is 2.39. The lowest BCUT2D eigenvalue weighted by Crippen LogP contribution is -2.55. The zero-order valence-electron chi connectivity index (χ0n) is 44.4. The minimum Gasteiger partial charge on any atom is -0.488 e. The first kappa shape index (κ1) is 53.4. The Labute approximate surface area is 470 Å². The predicted octanol–water partition coefficient (Wildman–Crippen LogP) is 8.32. The van der Waals surface area contributed by atoms with E-state index in [9.17, 15) is 29.1 Å². The summed E-state index contributed by atoms with van der Waals surface area (Å²) in [7, 11) is 0. The summed E-state index contributed by atoms with van der Waals surface area (Å²) >= 11 is 4.50. The highest BCUT2D eigenvalue weighted by molar-refractivity contribution is 7.13. The number of carbonyl (C=O) groups excluding carboxylic acids is 6. The van der Waals surface area contributed by atoms with Crippen molar-refractivity contribution in [3.63, 3.8) is 0 Å². The van der Waals surface area contributed by atoms with Crippen molar-refractivity contribution in [2.24, 2.45) is 5.92 Å². The molecule has 0 radical (unpaired) electrons. The van der Waals surface area contributed by atoms with Gasteiger partial charge in [-0.3, -0.25) is 28.8 Å². The molecule has 79 heavy (non-hydrogen) atoms. The Morgan fingerprint density at radius 3 is 1.89 bits per heavy atom. The van der Waals surface area contributed by atoms with Crippen LogP contribution in [0.3, 0.4) is 0 Å². The maximum absolute atomic E-state index is 15.2. The molecule has 2 fully saturated rings. The molecule has 11 rings (SSSR count). The van der Waals surface area contributed by atoms with Gasteiger partial charge in [-0.05, 0) is 95.8 Å². The number of fused-ring (bicyclic) bond motifs is 2. The lowest BCUT2D eigenvalue weighted by Gasteiger charge is -2.35. The molecule has 0 bridgehead atoms. The van der Waals surface area contributed by atoms with E-state index in [1.165, 1.54) is 21.1 Å². The van der Waals surface area contributed by atoms with Crippen molar-refractivity contribution in [1.82, 2.24) is 40.2 Å². The molecule has 0 saturated carbocycles. The summed E-state index contributed by atoms with van der Waals surface area (Å²) < 4.78 is 6.67. The third kappa shape index (κ3) is 10.7. The molecule has 0 unspecified atom stereocenters. The van der Waals surface area contributed by atoms with E-state index in [0.29, 0.717) is 27.3 Å². The van der Waals surface area contributed by atoms with Crippen molar-refractivity contribution in [2.45, 2.75) is 110 Å². The quantitative estimate of drug-likeness (QED) is 0.0847. The van der Waals surface area contributed by atoms with Gasteiger partial charge < -0.3 is 40.1 Å². The van der Waals surface area contributed by atoms with Crippen molar-refractivity contribution in [2.75, 3.05) is 13.1 Å². The maximum atomic E-state index is 15.2. The zero-order chi connectivity index (χ0) is 55.3. The first-order chi connectivity index (χ1) is 38.0. The van der Waals surface area contributed by atoms with Crippen molar-refractivity contribution < 1.29 is 38.6 Å². The molecule has 0 spiro atoms. The molecule has 19 heteroatoms. The fourth-order valence-electron chi connectivity index (χ4n) is 11.5. The van der Waals surface area contributed by atoms with Crippen molar-refractivity contribution in [3.05, 3.63) is 169 Å². The summed E-state index contributed by atoms with van der Waals surface area (Å²) in [6, 6.07) is 28.0. The van der Waals surface area contributed by atoms with E-state index < -0.39 is 53.6 Å². The number of aliphatic hydroxyl groups is 1. The number of amides is 6. The lowest BCUT2D eigenvalue weighted by molar-refractivity contribution is -0.143. The Morgan fingerprint density at radius 1 is 0.709 bits per heavy atom. The van der Waals surface area contributed by atoms with Gasteiger partial charge in [-0.15, -0.1) is 34.0 Å². The van der Waals surface area contributed by atoms with Crippen LogP contribution in [-0.4, -0.2) is 113 Å². The first-order valence-electron chi connectivity index (χ1n) is 26.4. The highest BCUT2D eigenvalue weighted by Gasteiger charge is 2.50. The minimum atomic E-state index is -1.34. The lowest BCUT2D eigenvalue weighted by atomic mass is 10.00. The SMILES string of the molecule is Cc1ncsc1-c1ccc(CNC(=O)[C@@H]2C[C@@H](Oc3ccc4c(c3)CN([C@H](C(=O)N3C[C@@](C)(O)C[C@H]3C(=O)NCc3ccc(-c5scnc5C)cc3)C(C)C)C4=O)CN2C(=O)[C@H](c2cccs2)N2Cc3ccccc3C2=O)cc1. The van der Waals surface area contributed by atoms with Crippen LogP contribution in [-0.2, 0) is 45.4 Å². The minimum absolute atomic E-state index is 0.0298. The Hall–Kier alpha value is -7.58. The Morgan fingerprint density at radius 2 is 1.30 bits per heavy atom. The van der Waals surface area contributed by atoms with Crippen molar-refractivity contribution in [3.8, 4) is 26.6 Å². The number of ether oxygens (including phenoxy) is 1. The molecular formula is C60H60N8O8S3. The summed E-state index contributed by atoms with van der Waals surface area (Å²) in [5, 5.41) is 19.3. The summed E-state index contributed by atoms with van der Waals surface area (Å²) in [6.07, 6.45) is -0.485. The number of hydrogen-bond donors (Lipinski definition) is 3. The number of carbonyl (C=O) groups is 6. The van der Waals surface area contributed by atoms with Crippen LogP contribution >= 0.6 is 34.0 Å². The van der Waals surface area contributed by atoms with Crippen LogP contribution in [0, 0.1) is 19.8 Å². The van der Waals surface area contributed by atoms with Gasteiger partial charge in [-0.25, -0.2) is 9.97 Å². The van der Waals surface area contributed by atoms with Gasteiger partial charge in [0.25, 0.3) is 17.7 Å². The van der Waals surface area contributed by atoms with Crippen LogP contribution in [0.25, 0.3) is 20.9 Å². The molecule has 6 atom stereocenters. The Bertz CT molecular complexity index is 3470. The summed E-state index contributed by atoms with van der Waals surface area (Å²) in [5.74, 6) is -2.15. The molecule has 2 saturated heterocycles. The van der Waals surface area contributed by atoms with E-state index in [2.05, 4.69) is 20.6 Å². The largest absolute Gasteiger partial charge is 0.488 e. The summed E-state index contributed by atoms with van der Waals surface area (Å²) in [6.45, 7) is 9.96. The maximum Gasteiger partial charge on any atom is 0.255 e. The second-order valence-corrected chi connectivity index (χ2v) is 24.2. The van der Waals surface area contributed by atoms with E-state index in [0.717, 1.165) is 49.0 Å². The molecule has 16 nitrogen and oxygen atoms in total. The zero-order valence-corrected chi connectivity index (χ0v) is 46.8. The average Bonchev–Trinajstić information content (AvgIpc) is 4.40. The smallest absolute Gasteiger partial charge is 0.255 e. The van der Waals surface area contributed by atoms with E-state index in [1.54, 1.807) is 69.7 Å². The number of thiazole rings is 2. The average molecular weight is 1120 g/mol. The Balaban J connectivity index is 0.796. The Kier molecular flexibility index (Phi) is 14.8. The van der Waals surface area contributed by atoms with Gasteiger partial charge in [0.15, 0.2) is 0 Å². The number of thiophene rings is 1. The third-order valence-electron chi connectivity index (χ3n) is 15.5. The summed E-state index contributed by atoms with van der Waals surface area (Å²) in [4.78, 5) is 104. The summed E-state index contributed by atoms with van der Waals surface area (Å²) in [5.41, 5.74) is 10.4. The van der Waals surface area contributed by atoms with E-state index in [4.69, 9.17) is 4.74 Å². The number of likely N-dealkylation sites (tertiary alicyclic amines) is 2. The van der Waals surface area contributed by atoms with Crippen LogP contribution in [0.2, 0.25) is 0 Å². The molecule has 0 aliphatic carbocycles.